The van der Waals surface area contributed by atoms with Crippen molar-refractivity contribution in [3.63, 3.8) is 0 Å². The second-order valence-corrected chi connectivity index (χ2v) is 5.88. The van der Waals surface area contributed by atoms with Gasteiger partial charge in [0.05, 0.1) is 4.47 Å². The lowest BCUT2D eigenvalue weighted by atomic mass is 9.95. The number of halogens is 1. The predicted molar refractivity (Wildman–Crippen MR) is 75.6 cm³/mol. The van der Waals surface area contributed by atoms with Crippen LogP contribution < -0.4 is 4.74 Å². The first-order valence-corrected chi connectivity index (χ1v) is 6.94. The van der Waals surface area contributed by atoms with Crippen LogP contribution in [0.3, 0.4) is 0 Å². The van der Waals surface area contributed by atoms with Crippen molar-refractivity contribution in [3.05, 3.63) is 40.4 Å². The molecule has 92 valence electrons. The highest BCUT2D eigenvalue weighted by molar-refractivity contribution is 9.10. The number of para-hydroxylation sites is 1. The van der Waals surface area contributed by atoms with Gasteiger partial charge >= 0.3 is 0 Å². The Kier molecular flexibility index (Phi) is 3.93. The van der Waals surface area contributed by atoms with E-state index in [0.717, 1.165) is 21.7 Å². The van der Waals surface area contributed by atoms with Crippen LogP contribution in [0, 0.1) is 5.92 Å². The summed E-state index contributed by atoms with van der Waals surface area (Å²) in [5.74, 6) is 2.43. The molecule has 0 heterocycles. The average molecular weight is 295 g/mol. The molecule has 1 atom stereocenters. The molecule has 0 N–H and O–H groups in total. The molecule has 1 aliphatic carbocycles. The van der Waals surface area contributed by atoms with Crippen LogP contribution in [0.25, 0.3) is 0 Å². The van der Waals surface area contributed by atoms with Crippen molar-refractivity contribution in [1.82, 2.24) is 0 Å². The molecule has 1 fully saturated rings. The number of hydrogen-bond acceptors (Lipinski definition) is 1. The van der Waals surface area contributed by atoms with Crippen molar-refractivity contribution < 1.29 is 4.74 Å². The van der Waals surface area contributed by atoms with E-state index in [-0.39, 0.29) is 0 Å². The van der Waals surface area contributed by atoms with Gasteiger partial charge in [-0.15, -0.1) is 0 Å². The van der Waals surface area contributed by atoms with Crippen molar-refractivity contribution in [2.75, 3.05) is 6.61 Å². The number of hydrogen-bond donors (Lipinski definition) is 0. The van der Waals surface area contributed by atoms with Crippen molar-refractivity contribution in [1.29, 1.82) is 0 Å². The lowest BCUT2D eigenvalue weighted by Gasteiger charge is -2.18. The normalized spacial score (nSPS) is 16.6. The maximum absolute atomic E-state index is 5.88. The van der Waals surface area contributed by atoms with Crippen LogP contribution in [0.1, 0.15) is 38.2 Å². The third-order valence-electron chi connectivity index (χ3n) is 3.28. The van der Waals surface area contributed by atoms with Crippen LogP contribution in [0.4, 0.5) is 0 Å². The van der Waals surface area contributed by atoms with Crippen molar-refractivity contribution >= 4 is 15.9 Å². The maximum Gasteiger partial charge on any atom is 0.137 e. The number of benzene rings is 1. The van der Waals surface area contributed by atoms with Crippen LogP contribution in [0.15, 0.2) is 34.8 Å². The third-order valence-corrected chi connectivity index (χ3v) is 3.90. The van der Waals surface area contributed by atoms with Gasteiger partial charge in [0.2, 0.25) is 0 Å². The first-order chi connectivity index (χ1) is 8.09. The third kappa shape index (κ3) is 3.12. The van der Waals surface area contributed by atoms with Gasteiger partial charge in [0.15, 0.2) is 0 Å². The fourth-order valence-corrected chi connectivity index (χ4v) is 2.58. The molecule has 0 aromatic heterocycles. The van der Waals surface area contributed by atoms with E-state index in [1.54, 1.807) is 0 Å². The first kappa shape index (κ1) is 12.7. The van der Waals surface area contributed by atoms with E-state index < -0.39 is 0 Å². The van der Waals surface area contributed by atoms with E-state index in [4.69, 9.17) is 4.74 Å². The molecular weight excluding hydrogens is 276 g/mol. The summed E-state index contributed by atoms with van der Waals surface area (Å²) in [6.07, 6.45) is 2.71. The van der Waals surface area contributed by atoms with Gasteiger partial charge in [-0.05, 0) is 64.7 Å². The zero-order valence-electron chi connectivity index (χ0n) is 10.5. The molecule has 1 aromatic carbocycles. The quantitative estimate of drug-likeness (QED) is 0.701. The van der Waals surface area contributed by atoms with Gasteiger partial charge < -0.3 is 4.74 Å². The minimum Gasteiger partial charge on any atom is -0.488 e. The first-order valence-electron chi connectivity index (χ1n) is 6.15. The van der Waals surface area contributed by atoms with Crippen LogP contribution in [0.2, 0.25) is 0 Å². The van der Waals surface area contributed by atoms with Crippen LogP contribution >= 0.6 is 15.9 Å². The Morgan fingerprint density at radius 3 is 2.82 bits per heavy atom. The second kappa shape index (κ2) is 5.26. The number of ether oxygens (including phenoxy) is 1. The van der Waals surface area contributed by atoms with Gasteiger partial charge in [-0.2, -0.15) is 0 Å². The highest BCUT2D eigenvalue weighted by atomic mass is 79.9. The molecule has 0 radical (unpaired) electrons. The van der Waals surface area contributed by atoms with Gasteiger partial charge in [-0.1, -0.05) is 25.6 Å². The summed E-state index contributed by atoms with van der Waals surface area (Å²) in [7, 11) is 0. The van der Waals surface area contributed by atoms with E-state index in [0.29, 0.717) is 12.5 Å². The zero-order chi connectivity index (χ0) is 12.4. The second-order valence-electron chi connectivity index (χ2n) is 5.03. The molecule has 0 saturated heterocycles. The summed E-state index contributed by atoms with van der Waals surface area (Å²) >= 11 is 3.58. The lowest BCUT2D eigenvalue weighted by Crippen LogP contribution is -2.04. The Labute approximate surface area is 112 Å². The molecule has 17 heavy (non-hydrogen) atoms. The van der Waals surface area contributed by atoms with Crippen LogP contribution in [-0.4, -0.2) is 6.61 Å². The van der Waals surface area contributed by atoms with E-state index in [9.17, 15) is 0 Å². The van der Waals surface area contributed by atoms with E-state index in [1.807, 2.05) is 13.0 Å². The number of rotatable bonds is 5. The largest absolute Gasteiger partial charge is 0.488 e. The fourth-order valence-electron chi connectivity index (χ4n) is 2.08. The fraction of sp³-hybridized carbons (Fsp3) is 0.467. The summed E-state index contributed by atoms with van der Waals surface area (Å²) in [5, 5.41) is 0. The summed E-state index contributed by atoms with van der Waals surface area (Å²) in [6, 6.07) is 6.31. The SMILES string of the molecule is C=C(C)COc1c(Br)cccc1C(C)C1CC1. The van der Waals surface area contributed by atoms with Gasteiger partial charge in [-0.25, -0.2) is 0 Å². The molecule has 1 aliphatic rings. The average Bonchev–Trinajstić information content (AvgIpc) is 3.09. The van der Waals surface area contributed by atoms with E-state index in [1.165, 1.54) is 18.4 Å². The predicted octanol–water partition coefficient (Wildman–Crippen LogP) is 4.92. The Morgan fingerprint density at radius 1 is 1.53 bits per heavy atom. The maximum atomic E-state index is 5.88. The monoisotopic (exact) mass is 294 g/mol. The molecule has 0 spiro atoms. The summed E-state index contributed by atoms with van der Waals surface area (Å²) in [4.78, 5) is 0. The lowest BCUT2D eigenvalue weighted by molar-refractivity contribution is 0.343. The molecule has 2 heteroatoms. The molecule has 0 amide bonds. The Morgan fingerprint density at radius 2 is 2.24 bits per heavy atom. The Balaban J connectivity index is 2.23. The van der Waals surface area contributed by atoms with Gasteiger partial charge in [0.25, 0.3) is 0 Å². The summed E-state index contributed by atoms with van der Waals surface area (Å²) in [6.45, 7) is 8.76. The van der Waals surface area contributed by atoms with Gasteiger partial charge in [0, 0.05) is 0 Å². The van der Waals surface area contributed by atoms with Gasteiger partial charge in [-0.3, -0.25) is 0 Å². The molecule has 2 rings (SSSR count). The smallest absolute Gasteiger partial charge is 0.137 e. The molecule has 1 saturated carbocycles. The Bertz CT molecular complexity index is 421. The minimum absolute atomic E-state index is 0.590. The minimum atomic E-state index is 0.590. The van der Waals surface area contributed by atoms with Crippen LogP contribution in [-0.2, 0) is 0 Å². The summed E-state index contributed by atoms with van der Waals surface area (Å²) < 4.78 is 6.93. The highest BCUT2D eigenvalue weighted by Crippen LogP contribution is 2.46. The topological polar surface area (TPSA) is 9.23 Å². The molecule has 0 aliphatic heterocycles. The standard InChI is InChI=1S/C15H19BrO/c1-10(2)9-17-15-13(5-4-6-14(15)16)11(3)12-7-8-12/h4-6,11-12H,1,7-9H2,2-3H3. The zero-order valence-corrected chi connectivity index (χ0v) is 12.1. The summed E-state index contributed by atoms with van der Waals surface area (Å²) in [5.41, 5.74) is 2.37. The van der Waals surface area contributed by atoms with Crippen LogP contribution in [0.5, 0.6) is 5.75 Å². The van der Waals surface area contributed by atoms with Crippen molar-refractivity contribution in [3.8, 4) is 5.75 Å². The van der Waals surface area contributed by atoms with E-state index >= 15 is 0 Å². The molecule has 0 bridgehead atoms. The highest BCUT2D eigenvalue weighted by Gasteiger charge is 2.31. The van der Waals surface area contributed by atoms with E-state index in [2.05, 4.69) is 41.6 Å². The molecule has 1 aromatic rings. The molecule has 1 nitrogen and oxygen atoms in total. The van der Waals surface area contributed by atoms with Gasteiger partial charge in [0.1, 0.15) is 12.4 Å². The Hall–Kier alpha value is -0.760. The van der Waals surface area contributed by atoms with Crippen molar-refractivity contribution in [2.45, 2.75) is 32.6 Å². The molecular formula is C15H19BrO. The van der Waals surface area contributed by atoms with Crippen molar-refractivity contribution in [2.24, 2.45) is 5.92 Å². The molecule has 1 unspecified atom stereocenters.